The molecule has 1 aliphatic heterocycles. The van der Waals surface area contributed by atoms with Crippen LogP contribution in [0.2, 0.25) is 5.02 Å². The van der Waals surface area contributed by atoms with Crippen molar-refractivity contribution in [2.75, 3.05) is 27.2 Å². The van der Waals surface area contributed by atoms with Gasteiger partial charge in [0.05, 0.1) is 24.9 Å². The highest BCUT2D eigenvalue weighted by atomic mass is 35.5. The average Bonchev–Trinajstić information content (AvgIpc) is 3.20. The van der Waals surface area contributed by atoms with Crippen molar-refractivity contribution in [3.8, 4) is 11.4 Å². The van der Waals surface area contributed by atoms with E-state index in [0.29, 0.717) is 34.7 Å². The molecule has 0 saturated carbocycles. The first-order valence-corrected chi connectivity index (χ1v) is 13.0. The van der Waals surface area contributed by atoms with Gasteiger partial charge in [-0.3, -0.25) is 14.4 Å². The maximum atomic E-state index is 13.3. The molecular formula is C28H33ClN6O4. The molecule has 2 heterocycles. The number of carbonyl (C=O) groups excluding carboxylic acids is 2. The normalized spacial score (nSPS) is 14.4. The summed E-state index contributed by atoms with van der Waals surface area (Å²) < 4.78 is 12.7. The van der Waals surface area contributed by atoms with Crippen molar-refractivity contribution in [3.05, 3.63) is 70.3 Å². The minimum absolute atomic E-state index is 0.0588. The lowest BCUT2D eigenvalue weighted by atomic mass is 10.00. The molecule has 11 heteroatoms. The number of aryl methyl sites for hydroxylation is 1. The number of hydrogen-bond acceptors (Lipinski definition) is 7. The van der Waals surface area contributed by atoms with Gasteiger partial charge in [-0.15, -0.1) is 10.2 Å². The molecule has 0 saturated heterocycles. The Morgan fingerprint density at radius 3 is 2.51 bits per heavy atom. The van der Waals surface area contributed by atoms with Crippen LogP contribution in [0.25, 0.3) is 5.69 Å². The molecule has 1 unspecified atom stereocenters. The predicted molar refractivity (Wildman–Crippen MR) is 149 cm³/mol. The number of benzene rings is 2. The van der Waals surface area contributed by atoms with Gasteiger partial charge < -0.3 is 19.7 Å². The first-order valence-electron chi connectivity index (χ1n) is 12.6. The average molecular weight is 553 g/mol. The summed E-state index contributed by atoms with van der Waals surface area (Å²) >= 11 is 6.17. The Labute approximate surface area is 233 Å². The lowest BCUT2D eigenvalue weighted by Crippen LogP contribution is -2.39. The van der Waals surface area contributed by atoms with Crippen LogP contribution in [0.4, 0.5) is 4.79 Å². The Balaban J connectivity index is 1.64. The van der Waals surface area contributed by atoms with E-state index in [2.05, 4.69) is 15.5 Å². The van der Waals surface area contributed by atoms with Gasteiger partial charge in [0.1, 0.15) is 23.2 Å². The highest BCUT2D eigenvalue weighted by molar-refractivity contribution is 6.30. The summed E-state index contributed by atoms with van der Waals surface area (Å²) in [6, 6.07) is 12.5. The van der Waals surface area contributed by atoms with E-state index in [1.165, 1.54) is 0 Å². The van der Waals surface area contributed by atoms with Gasteiger partial charge in [-0.1, -0.05) is 23.7 Å². The Morgan fingerprint density at radius 2 is 1.85 bits per heavy atom. The number of ether oxygens (including phenoxy) is 2. The van der Waals surface area contributed by atoms with Gasteiger partial charge in [0.15, 0.2) is 5.82 Å². The van der Waals surface area contributed by atoms with E-state index in [0.717, 1.165) is 16.8 Å². The summed E-state index contributed by atoms with van der Waals surface area (Å²) in [7, 11) is 3.30. The van der Waals surface area contributed by atoms with E-state index in [1.54, 1.807) is 52.0 Å². The van der Waals surface area contributed by atoms with Crippen molar-refractivity contribution in [1.82, 2.24) is 25.0 Å². The lowest BCUT2D eigenvalue weighted by molar-refractivity contribution is -0.130. The number of aromatic nitrogens is 3. The topological polar surface area (TPSA) is 111 Å². The zero-order valence-corrected chi connectivity index (χ0v) is 23.7. The Kier molecular flexibility index (Phi) is 8.25. The minimum atomic E-state index is -0.607. The van der Waals surface area contributed by atoms with Crippen molar-refractivity contribution >= 4 is 29.3 Å². The number of nitrogens with zero attached hydrogens (tertiary/aromatic N) is 5. The van der Waals surface area contributed by atoms with E-state index in [-0.39, 0.29) is 18.9 Å². The van der Waals surface area contributed by atoms with Gasteiger partial charge in [-0.25, -0.2) is 4.79 Å². The summed E-state index contributed by atoms with van der Waals surface area (Å²) in [6.07, 6.45) is -0.468. The van der Waals surface area contributed by atoms with Gasteiger partial charge >= 0.3 is 6.09 Å². The SMILES string of the molecule is COc1ccc2c(c1)C(c1ccc(Cl)cc1)=NC(CC(=O)N(C)CCNC(=O)OC(C)(C)C)c1nnc(C)n1-2. The van der Waals surface area contributed by atoms with Crippen LogP contribution >= 0.6 is 11.6 Å². The molecule has 1 aromatic heterocycles. The molecule has 39 heavy (non-hydrogen) atoms. The largest absolute Gasteiger partial charge is 0.497 e. The number of halogens is 1. The molecular weight excluding hydrogens is 520 g/mol. The zero-order valence-electron chi connectivity index (χ0n) is 23.0. The molecule has 3 aromatic rings. The zero-order chi connectivity index (χ0) is 28.3. The second-order valence-corrected chi connectivity index (χ2v) is 10.7. The summed E-state index contributed by atoms with van der Waals surface area (Å²) in [5, 5.41) is 12.0. The summed E-state index contributed by atoms with van der Waals surface area (Å²) in [4.78, 5) is 31.9. The fourth-order valence-electron chi connectivity index (χ4n) is 4.26. The number of alkyl carbamates (subject to hydrolysis) is 1. The molecule has 2 amide bonds. The van der Waals surface area contributed by atoms with E-state index in [1.807, 2.05) is 41.8 Å². The first-order chi connectivity index (χ1) is 18.5. The standard InChI is InChI=1S/C28H33ClN6O4/c1-17-32-33-26-22(16-24(36)34(5)14-13-30-27(37)39-28(2,3)4)31-25(18-7-9-19(29)10-8-18)21-15-20(38-6)11-12-23(21)35(17)26/h7-12,15,22H,13-14,16H2,1-6H3,(H,30,37). The molecule has 0 aliphatic carbocycles. The summed E-state index contributed by atoms with van der Waals surface area (Å²) in [5.41, 5.74) is 2.61. The van der Waals surface area contributed by atoms with Crippen LogP contribution in [0, 0.1) is 6.92 Å². The smallest absolute Gasteiger partial charge is 0.407 e. The van der Waals surface area contributed by atoms with Crippen LogP contribution in [0.15, 0.2) is 47.5 Å². The molecule has 1 N–H and O–H groups in total. The number of fused-ring (bicyclic) bond motifs is 3. The summed E-state index contributed by atoms with van der Waals surface area (Å²) in [6.45, 7) is 7.81. The van der Waals surface area contributed by atoms with Crippen molar-refractivity contribution in [2.24, 2.45) is 4.99 Å². The number of rotatable bonds is 7. The van der Waals surface area contributed by atoms with E-state index < -0.39 is 17.7 Å². The third kappa shape index (κ3) is 6.57. The number of likely N-dealkylation sites (N-methyl/N-ethyl adjacent to an activating group) is 1. The van der Waals surface area contributed by atoms with Crippen molar-refractivity contribution < 1.29 is 19.1 Å². The number of hydrogen-bond donors (Lipinski definition) is 1. The summed E-state index contributed by atoms with van der Waals surface area (Å²) in [5.74, 6) is 1.77. The van der Waals surface area contributed by atoms with E-state index >= 15 is 0 Å². The number of nitrogens with one attached hydrogen (secondary N) is 1. The van der Waals surface area contributed by atoms with Gasteiger partial charge in [0.25, 0.3) is 0 Å². The van der Waals surface area contributed by atoms with Gasteiger partial charge in [0, 0.05) is 36.3 Å². The minimum Gasteiger partial charge on any atom is -0.497 e. The maximum Gasteiger partial charge on any atom is 0.407 e. The van der Waals surface area contributed by atoms with Crippen LogP contribution in [0.5, 0.6) is 5.75 Å². The second kappa shape index (κ2) is 11.4. The third-order valence-corrected chi connectivity index (χ3v) is 6.41. The quantitative estimate of drug-likeness (QED) is 0.462. The highest BCUT2D eigenvalue weighted by Gasteiger charge is 2.30. The van der Waals surface area contributed by atoms with E-state index in [9.17, 15) is 9.59 Å². The fourth-order valence-corrected chi connectivity index (χ4v) is 4.39. The monoisotopic (exact) mass is 552 g/mol. The Morgan fingerprint density at radius 1 is 1.13 bits per heavy atom. The van der Waals surface area contributed by atoms with Crippen molar-refractivity contribution in [2.45, 2.75) is 45.8 Å². The molecule has 1 atom stereocenters. The molecule has 0 bridgehead atoms. The fraction of sp³-hybridized carbons (Fsp3) is 0.393. The van der Waals surface area contributed by atoms with Gasteiger partial charge in [0.2, 0.25) is 5.91 Å². The molecule has 0 fully saturated rings. The lowest BCUT2D eigenvalue weighted by Gasteiger charge is -2.22. The Hall–Kier alpha value is -3.92. The van der Waals surface area contributed by atoms with Crippen LogP contribution < -0.4 is 10.1 Å². The number of amides is 2. The first kappa shape index (κ1) is 28.1. The maximum absolute atomic E-state index is 13.3. The number of aliphatic imine (C=N–C) groups is 1. The molecule has 206 valence electrons. The second-order valence-electron chi connectivity index (χ2n) is 10.3. The van der Waals surface area contributed by atoms with Crippen LogP contribution in [0.1, 0.15) is 56.0 Å². The van der Waals surface area contributed by atoms with Crippen molar-refractivity contribution in [3.63, 3.8) is 0 Å². The molecule has 0 spiro atoms. The van der Waals surface area contributed by atoms with Gasteiger partial charge in [-0.2, -0.15) is 0 Å². The number of carbonyl (C=O) groups is 2. The van der Waals surface area contributed by atoms with Crippen LogP contribution in [-0.4, -0.2) is 70.2 Å². The van der Waals surface area contributed by atoms with Crippen LogP contribution in [0.3, 0.4) is 0 Å². The van der Waals surface area contributed by atoms with Crippen molar-refractivity contribution in [1.29, 1.82) is 0 Å². The number of methoxy groups -OCH3 is 1. The highest BCUT2D eigenvalue weighted by Crippen LogP contribution is 2.34. The molecule has 0 radical (unpaired) electrons. The Bertz CT molecular complexity index is 1390. The predicted octanol–water partition coefficient (Wildman–Crippen LogP) is 4.50. The molecule has 10 nitrogen and oxygen atoms in total. The van der Waals surface area contributed by atoms with Crippen LogP contribution in [-0.2, 0) is 9.53 Å². The molecule has 1 aliphatic rings. The molecule has 4 rings (SSSR count). The van der Waals surface area contributed by atoms with E-state index in [4.69, 9.17) is 26.1 Å². The molecule has 2 aromatic carbocycles. The third-order valence-electron chi connectivity index (χ3n) is 6.16. The van der Waals surface area contributed by atoms with Gasteiger partial charge in [-0.05, 0) is 58.0 Å².